The van der Waals surface area contributed by atoms with Crippen LogP contribution >= 0.6 is 11.8 Å². The van der Waals surface area contributed by atoms with Crippen molar-refractivity contribution >= 4 is 11.8 Å². The molecule has 4 fully saturated rings. The summed E-state index contributed by atoms with van der Waals surface area (Å²) in [5.74, 6) is 0.775. The summed E-state index contributed by atoms with van der Waals surface area (Å²) in [5.41, 5.74) is 10.6. The summed E-state index contributed by atoms with van der Waals surface area (Å²) in [6.07, 6.45) is 6.17. The molecule has 4 aliphatic rings. The van der Waals surface area contributed by atoms with Crippen molar-refractivity contribution in [3.8, 4) is 0 Å². The van der Waals surface area contributed by atoms with E-state index in [-0.39, 0.29) is 16.8 Å². The molecule has 3 heterocycles. The molecule has 4 rings (SSSR count). The number of hydrogen-bond donors (Lipinski definition) is 4. The third kappa shape index (κ3) is 2.84. The molecule has 5 nitrogen and oxygen atoms in total. The van der Waals surface area contributed by atoms with Crippen LogP contribution in [0.5, 0.6) is 0 Å². The Morgan fingerprint density at radius 1 is 1.05 bits per heavy atom. The molecular formula is C14H26FN5S. The van der Waals surface area contributed by atoms with Gasteiger partial charge in [-0.05, 0) is 32.2 Å². The fourth-order valence-corrected chi connectivity index (χ4v) is 5.58. The SMILES string of the molecule is FC1CCCCC1C1NN2C(NNC2C2CCCNC2)S1. The minimum Gasteiger partial charge on any atom is -0.316 e. The molecule has 3 saturated heterocycles. The monoisotopic (exact) mass is 315 g/mol. The maximum atomic E-state index is 14.2. The average molecular weight is 315 g/mol. The van der Waals surface area contributed by atoms with E-state index in [0.29, 0.717) is 12.1 Å². The molecule has 0 aromatic heterocycles. The lowest BCUT2D eigenvalue weighted by Gasteiger charge is -2.34. The van der Waals surface area contributed by atoms with Gasteiger partial charge in [0, 0.05) is 18.4 Å². The summed E-state index contributed by atoms with van der Waals surface area (Å²) in [7, 11) is 0. The molecule has 7 heteroatoms. The predicted molar refractivity (Wildman–Crippen MR) is 82.6 cm³/mol. The van der Waals surface area contributed by atoms with Crippen molar-refractivity contribution in [1.82, 2.24) is 26.6 Å². The van der Waals surface area contributed by atoms with Crippen LogP contribution in [0.25, 0.3) is 0 Å². The van der Waals surface area contributed by atoms with Crippen LogP contribution in [0.3, 0.4) is 0 Å². The summed E-state index contributed by atoms with van der Waals surface area (Å²) in [6.45, 7) is 2.20. The molecule has 0 amide bonds. The number of fused-ring (bicyclic) bond motifs is 1. The molecule has 120 valence electrons. The number of hydrogen-bond acceptors (Lipinski definition) is 6. The Morgan fingerprint density at radius 2 is 1.95 bits per heavy atom. The van der Waals surface area contributed by atoms with Crippen LogP contribution in [0.1, 0.15) is 38.5 Å². The van der Waals surface area contributed by atoms with Crippen molar-refractivity contribution in [1.29, 1.82) is 0 Å². The van der Waals surface area contributed by atoms with Crippen LogP contribution in [0.4, 0.5) is 4.39 Å². The van der Waals surface area contributed by atoms with Gasteiger partial charge in [0.2, 0.25) is 0 Å². The third-order valence-corrected chi connectivity index (χ3v) is 6.71. The van der Waals surface area contributed by atoms with Gasteiger partial charge in [-0.1, -0.05) is 12.8 Å². The molecule has 4 N–H and O–H groups in total. The minimum atomic E-state index is -0.633. The molecule has 0 spiro atoms. The quantitative estimate of drug-likeness (QED) is 0.613. The van der Waals surface area contributed by atoms with Crippen molar-refractivity contribution in [2.75, 3.05) is 13.1 Å². The van der Waals surface area contributed by atoms with E-state index in [4.69, 9.17) is 0 Å². The summed E-state index contributed by atoms with van der Waals surface area (Å²) >= 11 is 1.84. The summed E-state index contributed by atoms with van der Waals surface area (Å²) in [4.78, 5) is 0. The van der Waals surface area contributed by atoms with E-state index in [1.54, 1.807) is 0 Å². The van der Waals surface area contributed by atoms with Gasteiger partial charge in [-0.3, -0.25) is 0 Å². The van der Waals surface area contributed by atoms with Crippen molar-refractivity contribution in [3.63, 3.8) is 0 Å². The third-order valence-electron chi connectivity index (χ3n) is 5.36. The topological polar surface area (TPSA) is 51.4 Å². The first-order valence-electron chi connectivity index (χ1n) is 8.39. The van der Waals surface area contributed by atoms with E-state index < -0.39 is 6.17 Å². The normalized spacial score (nSPS) is 48.4. The number of halogens is 1. The van der Waals surface area contributed by atoms with Crippen molar-refractivity contribution in [2.24, 2.45) is 11.8 Å². The Kier molecular flexibility index (Phi) is 4.39. The lowest BCUT2D eigenvalue weighted by atomic mass is 9.87. The maximum absolute atomic E-state index is 14.2. The fourth-order valence-electron chi connectivity index (χ4n) is 4.15. The van der Waals surface area contributed by atoms with Gasteiger partial charge >= 0.3 is 0 Å². The van der Waals surface area contributed by atoms with Gasteiger partial charge in [0.25, 0.3) is 0 Å². The molecule has 0 aromatic carbocycles. The Bertz CT molecular complexity index is 367. The number of alkyl halides is 1. The predicted octanol–water partition coefficient (Wildman–Crippen LogP) is 1.11. The Hall–Kier alpha value is 0.0800. The molecule has 1 aliphatic carbocycles. The van der Waals surface area contributed by atoms with E-state index >= 15 is 0 Å². The first-order valence-corrected chi connectivity index (χ1v) is 9.33. The van der Waals surface area contributed by atoms with E-state index in [1.165, 1.54) is 19.3 Å². The summed E-state index contributed by atoms with van der Waals surface area (Å²) in [6, 6.07) is 0. The van der Waals surface area contributed by atoms with E-state index in [1.807, 2.05) is 11.8 Å². The van der Waals surface area contributed by atoms with Crippen LogP contribution in [-0.4, -0.2) is 41.3 Å². The minimum absolute atomic E-state index is 0.168. The highest BCUT2D eigenvalue weighted by Gasteiger charge is 2.48. The van der Waals surface area contributed by atoms with Gasteiger partial charge in [0.1, 0.15) is 11.7 Å². The maximum Gasteiger partial charge on any atom is 0.136 e. The van der Waals surface area contributed by atoms with Gasteiger partial charge < -0.3 is 5.32 Å². The van der Waals surface area contributed by atoms with Gasteiger partial charge in [0.15, 0.2) is 0 Å². The molecule has 0 radical (unpaired) electrons. The molecular weight excluding hydrogens is 289 g/mol. The standard InChI is InChI=1S/C14H26FN5S/c15-11-6-2-1-5-10(11)13-19-20-12(17-18-14(20)21-13)9-4-3-7-16-8-9/h9-14,16-19H,1-8H2. The number of hydrazine groups is 2. The average Bonchev–Trinajstić information content (AvgIpc) is 3.08. The molecule has 3 aliphatic heterocycles. The van der Waals surface area contributed by atoms with E-state index in [9.17, 15) is 4.39 Å². The van der Waals surface area contributed by atoms with Gasteiger partial charge in [-0.2, -0.15) is 5.01 Å². The number of nitrogens with one attached hydrogen (secondary N) is 4. The Morgan fingerprint density at radius 3 is 2.76 bits per heavy atom. The zero-order valence-corrected chi connectivity index (χ0v) is 13.2. The van der Waals surface area contributed by atoms with Crippen LogP contribution in [0, 0.1) is 11.8 Å². The molecule has 0 bridgehead atoms. The second-order valence-electron chi connectivity index (χ2n) is 6.75. The van der Waals surface area contributed by atoms with Gasteiger partial charge in [-0.15, -0.1) is 11.8 Å². The van der Waals surface area contributed by atoms with Crippen LogP contribution < -0.4 is 21.6 Å². The van der Waals surface area contributed by atoms with Crippen LogP contribution in [-0.2, 0) is 0 Å². The second kappa shape index (κ2) is 6.29. The van der Waals surface area contributed by atoms with Crippen molar-refractivity contribution < 1.29 is 4.39 Å². The summed E-state index contributed by atoms with van der Waals surface area (Å²) in [5, 5.41) is 6.01. The smallest absolute Gasteiger partial charge is 0.136 e. The lowest BCUT2D eigenvalue weighted by molar-refractivity contribution is 0.0712. The number of rotatable bonds is 2. The largest absolute Gasteiger partial charge is 0.316 e. The number of thioether (sulfide) groups is 1. The first-order chi connectivity index (χ1) is 10.3. The van der Waals surface area contributed by atoms with Crippen molar-refractivity contribution in [3.05, 3.63) is 0 Å². The van der Waals surface area contributed by atoms with Gasteiger partial charge in [-0.25, -0.2) is 20.7 Å². The Balaban J connectivity index is 1.40. The van der Waals surface area contributed by atoms with Crippen LogP contribution in [0.15, 0.2) is 0 Å². The highest BCUT2D eigenvalue weighted by Crippen LogP contribution is 2.40. The van der Waals surface area contributed by atoms with E-state index in [2.05, 4.69) is 26.6 Å². The second-order valence-corrected chi connectivity index (χ2v) is 7.98. The highest BCUT2D eigenvalue weighted by molar-refractivity contribution is 8.00. The molecule has 0 aromatic rings. The lowest BCUT2D eigenvalue weighted by Crippen LogP contribution is -2.54. The summed E-state index contributed by atoms with van der Waals surface area (Å²) < 4.78 is 14.2. The molecule has 6 unspecified atom stereocenters. The van der Waals surface area contributed by atoms with Crippen molar-refractivity contribution in [2.45, 2.75) is 61.7 Å². The zero-order valence-electron chi connectivity index (χ0n) is 12.4. The van der Waals surface area contributed by atoms with Gasteiger partial charge in [0.05, 0.1) is 11.5 Å². The fraction of sp³-hybridized carbons (Fsp3) is 1.00. The van der Waals surface area contributed by atoms with Crippen LogP contribution in [0.2, 0.25) is 0 Å². The number of piperidine rings is 1. The Labute approximate surface area is 130 Å². The first kappa shape index (κ1) is 14.7. The number of nitrogens with zero attached hydrogens (tertiary/aromatic N) is 1. The van der Waals surface area contributed by atoms with E-state index in [0.717, 1.165) is 32.4 Å². The molecule has 21 heavy (non-hydrogen) atoms. The zero-order chi connectivity index (χ0) is 14.2. The highest BCUT2D eigenvalue weighted by atomic mass is 32.2. The molecule has 6 atom stereocenters. The molecule has 1 saturated carbocycles.